The zero-order valence-corrected chi connectivity index (χ0v) is 16.3. The number of nitrogens with one attached hydrogen (secondary N) is 2. The van der Waals surface area contributed by atoms with Gasteiger partial charge in [-0.1, -0.05) is 30.3 Å². The minimum absolute atomic E-state index is 0.141. The maximum atomic E-state index is 12.3. The number of anilines is 2. The Balaban J connectivity index is 1.20. The van der Waals surface area contributed by atoms with Crippen LogP contribution in [0.2, 0.25) is 0 Å². The van der Waals surface area contributed by atoms with Gasteiger partial charge in [-0.05, 0) is 43.4 Å². The number of pyridine rings is 1. The fourth-order valence-corrected chi connectivity index (χ4v) is 4.02. The minimum Gasteiger partial charge on any atom is -0.357 e. The molecule has 1 aromatic heterocycles. The van der Waals surface area contributed by atoms with E-state index >= 15 is 0 Å². The zero-order valence-electron chi connectivity index (χ0n) is 16.3. The molecule has 0 aliphatic carbocycles. The van der Waals surface area contributed by atoms with E-state index in [1.807, 2.05) is 18.2 Å². The first kappa shape index (κ1) is 18.7. The van der Waals surface area contributed by atoms with Crippen molar-refractivity contribution in [1.82, 2.24) is 15.2 Å². The number of amides is 2. The first-order valence-electron chi connectivity index (χ1n) is 10.3. The molecule has 148 valence electrons. The van der Waals surface area contributed by atoms with Crippen molar-refractivity contribution in [3.05, 3.63) is 54.2 Å². The standard InChI is InChI=1S/C22H29N5O/c28-22(25-20-8-9-21(23-16-20)27-12-4-5-13-27)24-19-10-14-26(15-11-19)17-18-6-2-1-3-7-18/h1-3,6-9,16,19H,4-5,10-15,17H2,(H2,24,25,28). The van der Waals surface area contributed by atoms with Crippen LogP contribution in [0, 0.1) is 0 Å². The van der Waals surface area contributed by atoms with Crippen LogP contribution >= 0.6 is 0 Å². The fraction of sp³-hybridized carbons (Fsp3) is 0.455. The molecule has 2 aliphatic heterocycles. The number of piperidine rings is 1. The van der Waals surface area contributed by atoms with Crippen molar-refractivity contribution in [3.8, 4) is 0 Å². The summed E-state index contributed by atoms with van der Waals surface area (Å²) >= 11 is 0. The predicted molar refractivity (Wildman–Crippen MR) is 113 cm³/mol. The van der Waals surface area contributed by atoms with Gasteiger partial charge in [-0.25, -0.2) is 9.78 Å². The Morgan fingerprint density at radius 1 is 1.00 bits per heavy atom. The topological polar surface area (TPSA) is 60.5 Å². The van der Waals surface area contributed by atoms with Crippen LogP contribution in [0.4, 0.5) is 16.3 Å². The van der Waals surface area contributed by atoms with Crippen LogP contribution in [0.3, 0.4) is 0 Å². The molecule has 6 nitrogen and oxygen atoms in total. The quantitative estimate of drug-likeness (QED) is 0.835. The van der Waals surface area contributed by atoms with Crippen LogP contribution in [-0.2, 0) is 6.54 Å². The molecule has 0 saturated carbocycles. The number of hydrogen-bond acceptors (Lipinski definition) is 4. The van der Waals surface area contributed by atoms with Crippen LogP contribution in [0.5, 0.6) is 0 Å². The average molecular weight is 380 g/mol. The van der Waals surface area contributed by atoms with E-state index in [9.17, 15) is 4.79 Å². The first-order chi connectivity index (χ1) is 13.8. The summed E-state index contributed by atoms with van der Waals surface area (Å²) in [6, 6.07) is 14.6. The molecule has 2 N–H and O–H groups in total. The molecule has 2 aromatic rings. The Morgan fingerprint density at radius 3 is 2.43 bits per heavy atom. The molecule has 0 atom stereocenters. The molecular weight excluding hydrogens is 350 g/mol. The van der Waals surface area contributed by atoms with Gasteiger partial charge >= 0.3 is 6.03 Å². The predicted octanol–water partition coefficient (Wildman–Crippen LogP) is 3.47. The maximum absolute atomic E-state index is 12.3. The molecule has 2 aliphatic rings. The van der Waals surface area contributed by atoms with E-state index < -0.39 is 0 Å². The van der Waals surface area contributed by atoms with Gasteiger partial charge in [0.05, 0.1) is 11.9 Å². The number of aromatic nitrogens is 1. The van der Waals surface area contributed by atoms with Crippen LogP contribution in [0.1, 0.15) is 31.2 Å². The SMILES string of the molecule is O=C(Nc1ccc(N2CCCC2)nc1)NC1CCN(Cc2ccccc2)CC1. The third-order valence-corrected chi connectivity index (χ3v) is 5.61. The molecule has 0 spiro atoms. The molecule has 2 saturated heterocycles. The molecule has 1 aromatic carbocycles. The van der Waals surface area contributed by atoms with E-state index in [0.29, 0.717) is 0 Å². The summed E-state index contributed by atoms with van der Waals surface area (Å²) in [7, 11) is 0. The number of nitrogens with zero attached hydrogens (tertiary/aromatic N) is 3. The summed E-state index contributed by atoms with van der Waals surface area (Å²) < 4.78 is 0. The van der Waals surface area contributed by atoms with Gasteiger partial charge in [-0.2, -0.15) is 0 Å². The second-order valence-electron chi connectivity index (χ2n) is 7.73. The smallest absolute Gasteiger partial charge is 0.319 e. The monoisotopic (exact) mass is 379 g/mol. The third-order valence-electron chi connectivity index (χ3n) is 5.61. The van der Waals surface area contributed by atoms with Crippen LogP contribution in [0.15, 0.2) is 48.7 Å². The van der Waals surface area contributed by atoms with E-state index in [2.05, 4.69) is 49.7 Å². The summed E-state index contributed by atoms with van der Waals surface area (Å²) in [6.07, 6.45) is 6.16. The van der Waals surface area contributed by atoms with Crippen molar-refractivity contribution in [2.24, 2.45) is 0 Å². The van der Waals surface area contributed by atoms with Gasteiger partial charge in [-0.15, -0.1) is 0 Å². The lowest BCUT2D eigenvalue weighted by molar-refractivity contribution is 0.190. The number of rotatable bonds is 5. The molecule has 0 radical (unpaired) electrons. The first-order valence-corrected chi connectivity index (χ1v) is 10.3. The third kappa shape index (κ3) is 5.01. The number of likely N-dealkylation sites (tertiary alicyclic amines) is 1. The van der Waals surface area contributed by atoms with E-state index in [1.165, 1.54) is 18.4 Å². The molecule has 0 unspecified atom stereocenters. The van der Waals surface area contributed by atoms with Gasteiger partial charge in [0.25, 0.3) is 0 Å². The summed E-state index contributed by atoms with van der Waals surface area (Å²) in [4.78, 5) is 21.5. The summed E-state index contributed by atoms with van der Waals surface area (Å²) in [6.45, 7) is 5.14. The number of urea groups is 1. The Morgan fingerprint density at radius 2 is 1.75 bits per heavy atom. The van der Waals surface area contributed by atoms with E-state index in [0.717, 1.165) is 57.1 Å². The van der Waals surface area contributed by atoms with Crippen molar-refractivity contribution < 1.29 is 4.79 Å². The highest BCUT2D eigenvalue weighted by Gasteiger charge is 2.21. The van der Waals surface area contributed by atoms with Gasteiger partial charge < -0.3 is 15.5 Å². The van der Waals surface area contributed by atoms with E-state index in [1.54, 1.807) is 6.20 Å². The largest absolute Gasteiger partial charge is 0.357 e. The van der Waals surface area contributed by atoms with Gasteiger partial charge in [0.2, 0.25) is 0 Å². The van der Waals surface area contributed by atoms with Crippen molar-refractivity contribution >= 4 is 17.5 Å². The van der Waals surface area contributed by atoms with Gasteiger partial charge in [-0.3, -0.25) is 4.90 Å². The highest BCUT2D eigenvalue weighted by Crippen LogP contribution is 2.19. The fourth-order valence-electron chi connectivity index (χ4n) is 4.02. The molecule has 0 bridgehead atoms. The van der Waals surface area contributed by atoms with Crippen LogP contribution in [0.25, 0.3) is 0 Å². The van der Waals surface area contributed by atoms with Gasteiger partial charge in [0.1, 0.15) is 5.82 Å². The second kappa shape index (κ2) is 9.06. The lowest BCUT2D eigenvalue weighted by Gasteiger charge is -2.32. The maximum Gasteiger partial charge on any atom is 0.319 e. The van der Waals surface area contributed by atoms with E-state index in [-0.39, 0.29) is 12.1 Å². The zero-order chi connectivity index (χ0) is 19.2. The molecule has 2 fully saturated rings. The molecule has 3 heterocycles. The van der Waals surface area contributed by atoms with Gasteiger partial charge in [0, 0.05) is 38.8 Å². The molecule has 4 rings (SSSR count). The number of benzene rings is 1. The second-order valence-corrected chi connectivity index (χ2v) is 7.73. The Kier molecular flexibility index (Phi) is 6.07. The summed E-state index contributed by atoms with van der Waals surface area (Å²) in [5.74, 6) is 0.995. The van der Waals surface area contributed by atoms with Crippen LogP contribution in [-0.4, -0.2) is 48.1 Å². The highest BCUT2D eigenvalue weighted by atomic mass is 16.2. The number of carbonyl (C=O) groups excluding carboxylic acids is 1. The van der Waals surface area contributed by atoms with Crippen molar-refractivity contribution in [2.45, 2.75) is 38.3 Å². The van der Waals surface area contributed by atoms with Crippen molar-refractivity contribution in [3.63, 3.8) is 0 Å². The number of hydrogen-bond donors (Lipinski definition) is 2. The Labute approximate surface area is 166 Å². The Hall–Kier alpha value is -2.60. The normalized spacial score (nSPS) is 18.2. The summed E-state index contributed by atoms with van der Waals surface area (Å²) in [5.41, 5.74) is 2.08. The van der Waals surface area contributed by atoms with Crippen molar-refractivity contribution in [1.29, 1.82) is 0 Å². The number of carbonyl (C=O) groups is 1. The van der Waals surface area contributed by atoms with Crippen LogP contribution < -0.4 is 15.5 Å². The average Bonchev–Trinajstić information content (AvgIpc) is 3.26. The lowest BCUT2D eigenvalue weighted by atomic mass is 10.0. The lowest BCUT2D eigenvalue weighted by Crippen LogP contribution is -2.45. The molecular formula is C22H29N5O. The molecule has 2 amide bonds. The highest BCUT2D eigenvalue weighted by molar-refractivity contribution is 5.89. The Bertz CT molecular complexity index is 750. The van der Waals surface area contributed by atoms with E-state index in [4.69, 9.17) is 0 Å². The molecule has 28 heavy (non-hydrogen) atoms. The van der Waals surface area contributed by atoms with Gasteiger partial charge in [0.15, 0.2) is 0 Å². The van der Waals surface area contributed by atoms with Crippen molar-refractivity contribution in [2.75, 3.05) is 36.4 Å². The summed E-state index contributed by atoms with van der Waals surface area (Å²) in [5, 5.41) is 6.02. The minimum atomic E-state index is -0.141. The molecule has 6 heteroatoms.